The van der Waals surface area contributed by atoms with Crippen LogP contribution in [-0.2, 0) is 30.9 Å². The normalized spacial score (nSPS) is 14.7. The van der Waals surface area contributed by atoms with Crippen molar-refractivity contribution < 1.29 is 45.3 Å². The van der Waals surface area contributed by atoms with Crippen LogP contribution in [0.3, 0.4) is 0 Å². The van der Waals surface area contributed by atoms with E-state index < -0.39 is 7.81 Å². The summed E-state index contributed by atoms with van der Waals surface area (Å²) >= 11 is 0. The maximum Gasteiger partial charge on any atom is 0 e. The standard InChI is InChI=1S/C18H24N2.F6P.Ir/c1-17(2,3)13-7-9-19-15(11-13)16-12-14(8-10-20-16)18(4,5)6;1-7(2,3,4,5)6;/h7-12H,1-6H3;;/q;-1;. The second kappa shape index (κ2) is 7.66. The van der Waals surface area contributed by atoms with Crippen LogP contribution in [0.5, 0.6) is 0 Å². The van der Waals surface area contributed by atoms with Gasteiger partial charge in [0.15, 0.2) is 0 Å². The number of pyridine rings is 2. The van der Waals surface area contributed by atoms with E-state index in [4.69, 9.17) is 0 Å². The van der Waals surface area contributed by atoms with Crippen molar-refractivity contribution in [1.82, 2.24) is 9.97 Å². The predicted octanol–water partition coefficient (Wildman–Crippen LogP) is 8.12. The van der Waals surface area contributed by atoms with Gasteiger partial charge in [0, 0.05) is 32.5 Å². The minimum absolute atomic E-state index is 0. The Morgan fingerprint density at radius 1 is 0.643 bits per heavy atom. The van der Waals surface area contributed by atoms with Crippen LogP contribution in [0.15, 0.2) is 36.7 Å². The molecule has 0 saturated heterocycles. The zero-order valence-electron chi connectivity index (χ0n) is 16.4. The van der Waals surface area contributed by atoms with Crippen LogP contribution in [-0.4, -0.2) is 9.97 Å². The van der Waals surface area contributed by atoms with Crippen molar-refractivity contribution in [3.05, 3.63) is 47.8 Å². The molecule has 1 radical (unpaired) electrons. The second-order valence-electron chi connectivity index (χ2n) is 8.32. The molecule has 0 aliphatic rings. The molecule has 2 aromatic rings. The second-order valence-corrected chi connectivity index (χ2v) is 10.2. The van der Waals surface area contributed by atoms with Crippen molar-refractivity contribution in [1.29, 1.82) is 0 Å². The number of hydrogen-bond donors (Lipinski definition) is 0. The number of aromatic nitrogens is 2. The Hall–Kier alpha value is -1.04. The van der Waals surface area contributed by atoms with Crippen LogP contribution < -0.4 is 0 Å². The van der Waals surface area contributed by atoms with Crippen molar-refractivity contribution in [2.75, 3.05) is 0 Å². The summed E-state index contributed by atoms with van der Waals surface area (Å²) in [4.78, 5) is 8.97. The Balaban J connectivity index is 0.000000786. The Morgan fingerprint density at radius 3 is 1.11 bits per heavy atom. The van der Waals surface area contributed by atoms with Gasteiger partial charge in [-0.2, -0.15) is 0 Å². The maximum absolute atomic E-state index is 10.7. The molecule has 0 fully saturated rings. The first-order valence-electron chi connectivity index (χ1n) is 8.13. The monoisotopic (exact) mass is 606 g/mol. The molecule has 0 bridgehead atoms. The average molecular weight is 606 g/mol. The third kappa shape index (κ3) is 11.7. The van der Waals surface area contributed by atoms with Crippen LogP contribution >= 0.6 is 7.81 Å². The van der Waals surface area contributed by atoms with Crippen LogP contribution in [0.4, 0.5) is 25.2 Å². The summed E-state index contributed by atoms with van der Waals surface area (Å²) in [6.45, 7) is 13.3. The molecule has 0 aliphatic heterocycles. The summed E-state index contributed by atoms with van der Waals surface area (Å²) in [7, 11) is -10.7. The fourth-order valence-electron chi connectivity index (χ4n) is 2.07. The zero-order chi connectivity index (χ0) is 21.4. The third-order valence-corrected chi connectivity index (χ3v) is 3.51. The van der Waals surface area contributed by atoms with E-state index in [0.29, 0.717) is 0 Å². The molecule has 163 valence electrons. The predicted molar refractivity (Wildman–Crippen MR) is 98.4 cm³/mol. The quantitative estimate of drug-likeness (QED) is 0.243. The van der Waals surface area contributed by atoms with E-state index in [9.17, 15) is 25.2 Å². The summed E-state index contributed by atoms with van der Waals surface area (Å²) < 4.78 is 59.2. The molecule has 0 saturated carbocycles. The Morgan fingerprint density at radius 2 is 0.893 bits per heavy atom. The zero-order valence-corrected chi connectivity index (χ0v) is 19.7. The molecular formula is C18H24F6IrN2P-. The minimum atomic E-state index is -10.7. The fraction of sp³-hybridized carbons (Fsp3) is 0.444. The van der Waals surface area contributed by atoms with Crippen LogP contribution in [0, 0.1) is 0 Å². The first-order chi connectivity index (χ1) is 11.6. The molecule has 0 aromatic carbocycles. The Labute approximate surface area is 174 Å². The van der Waals surface area contributed by atoms with E-state index in [2.05, 4.69) is 75.8 Å². The minimum Gasteiger partial charge on any atom is 0 e. The summed E-state index contributed by atoms with van der Waals surface area (Å²) in [5.41, 5.74) is 4.71. The van der Waals surface area contributed by atoms with Gasteiger partial charge in [-0.3, -0.25) is 9.97 Å². The van der Waals surface area contributed by atoms with Crippen molar-refractivity contribution in [2.24, 2.45) is 0 Å². The molecule has 0 unspecified atom stereocenters. The molecule has 0 aliphatic carbocycles. The van der Waals surface area contributed by atoms with E-state index in [1.54, 1.807) is 0 Å². The molecule has 2 heterocycles. The van der Waals surface area contributed by atoms with E-state index >= 15 is 0 Å². The van der Waals surface area contributed by atoms with Crippen molar-refractivity contribution in [3.63, 3.8) is 0 Å². The van der Waals surface area contributed by atoms with Crippen LogP contribution in [0.2, 0.25) is 0 Å². The number of halogens is 6. The molecule has 0 amide bonds. The summed E-state index contributed by atoms with van der Waals surface area (Å²) in [6, 6.07) is 8.46. The summed E-state index contributed by atoms with van der Waals surface area (Å²) in [5.74, 6) is 0. The van der Waals surface area contributed by atoms with Crippen molar-refractivity contribution in [2.45, 2.75) is 52.4 Å². The van der Waals surface area contributed by atoms with Gasteiger partial charge in [-0.25, -0.2) is 0 Å². The van der Waals surface area contributed by atoms with E-state index in [1.165, 1.54) is 11.1 Å². The van der Waals surface area contributed by atoms with Crippen LogP contribution in [0.1, 0.15) is 52.7 Å². The van der Waals surface area contributed by atoms with Gasteiger partial charge in [0.1, 0.15) is 0 Å². The van der Waals surface area contributed by atoms with Crippen molar-refractivity contribution >= 4 is 7.81 Å². The van der Waals surface area contributed by atoms with E-state index in [0.717, 1.165) is 11.4 Å². The van der Waals surface area contributed by atoms with E-state index in [1.807, 2.05) is 12.4 Å². The van der Waals surface area contributed by atoms with Crippen molar-refractivity contribution in [3.8, 4) is 11.4 Å². The van der Waals surface area contributed by atoms with Gasteiger partial charge in [-0.15, -0.1) is 0 Å². The first kappa shape index (κ1) is 27.0. The largest absolute Gasteiger partial charge is 0 e. The molecule has 10 heteroatoms. The number of nitrogens with zero attached hydrogens (tertiary/aromatic N) is 2. The van der Waals surface area contributed by atoms with Gasteiger partial charge in [0.25, 0.3) is 0 Å². The van der Waals surface area contributed by atoms with Crippen LogP contribution in [0.25, 0.3) is 11.4 Å². The molecule has 0 atom stereocenters. The van der Waals surface area contributed by atoms with Gasteiger partial charge < -0.3 is 0 Å². The first-order valence-corrected chi connectivity index (χ1v) is 10.2. The van der Waals surface area contributed by atoms with Gasteiger partial charge in [0.05, 0.1) is 11.4 Å². The molecule has 0 spiro atoms. The Kier molecular flexibility index (Phi) is 7.37. The van der Waals surface area contributed by atoms with Gasteiger partial charge in [-0.05, 0) is 46.2 Å². The average Bonchev–Trinajstić information content (AvgIpc) is 2.42. The SMILES string of the molecule is CC(C)(C)c1ccnc(-c2cc(C(C)(C)C)ccn2)c1.F[P-](F)(F)(F)(F)F.[Ir]. The van der Waals surface area contributed by atoms with Gasteiger partial charge in [0.2, 0.25) is 0 Å². The fourth-order valence-corrected chi connectivity index (χ4v) is 2.07. The maximum atomic E-state index is 9.87. The van der Waals surface area contributed by atoms with Gasteiger partial charge in [-0.1, -0.05) is 41.5 Å². The summed E-state index contributed by atoms with van der Waals surface area (Å²) in [6.07, 6.45) is 3.75. The smallest absolute Gasteiger partial charge is 0 e. The van der Waals surface area contributed by atoms with E-state index in [-0.39, 0.29) is 30.9 Å². The summed E-state index contributed by atoms with van der Waals surface area (Å²) in [5, 5.41) is 0. The molecule has 0 N–H and O–H groups in total. The van der Waals surface area contributed by atoms with Gasteiger partial charge >= 0.3 is 33.0 Å². The molecule has 2 rings (SSSR count). The molecule has 28 heavy (non-hydrogen) atoms. The number of hydrogen-bond acceptors (Lipinski definition) is 2. The number of rotatable bonds is 1. The molecule has 2 nitrogen and oxygen atoms in total. The topological polar surface area (TPSA) is 25.8 Å². The third-order valence-electron chi connectivity index (χ3n) is 3.51. The molecular weight excluding hydrogens is 581 g/mol. The molecule has 2 aromatic heterocycles. The Bertz CT molecular complexity index is 742.